The molecule has 170 valence electrons. The molecule has 5 heterocycles. The van der Waals surface area contributed by atoms with Gasteiger partial charge in [0.05, 0.1) is 16.9 Å². The standard InChI is InChI=1S/C24H26FN7O/c1-14-11-31-12-16(9-19(25)23(31)27-14)28-24(33)17-3-4-21(18-13-30(2)29-22(17)18)32-8-6-15-10-26-7-5-20(15)32/h3-4,9,11-13,15,20,26H,5-8,10H2,1-2H3,(H,28,33)/t15-,20+/m0/s1. The maximum atomic E-state index is 14.5. The molecule has 6 rings (SSSR count). The number of pyridine rings is 1. The summed E-state index contributed by atoms with van der Waals surface area (Å²) in [6.07, 6.45) is 7.67. The molecule has 3 aromatic heterocycles. The second kappa shape index (κ2) is 7.55. The van der Waals surface area contributed by atoms with Crippen LogP contribution in [0.1, 0.15) is 28.9 Å². The highest BCUT2D eigenvalue weighted by molar-refractivity contribution is 6.14. The molecule has 1 amide bonds. The number of imidazole rings is 1. The van der Waals surface area contributed by atoms with Gasteiger partial charge >= 0.3 is 0 Å². The molecule has 1 aromatic carbocycles. The maximum Gasteiger partial charge on any atom is 0.257 e. The van der Waals surface area contributed by atoms with Crippen LogP contribution >= 0.6 is 0 Å². The van der Waals surface area contributed by atoms with E-state index >= 15 is 0 Å². The van der Waals surface area contributed by atoms with Crippen LogP contribution in [0.5, 0.6) is 0 Å². The van der Waals surface area contributed by atoms with E-state index in [1.807, 2.05) is 25.4 Å². The molecule has 2 aliphatic heterocycles. The quantitative estimate of drug-likeness (QED) is 0.505. The van der Waals surface area contributed by atoms with Crippen LogP contribution in [0, 0.1) is 18.7 Å². The molecule has 8 nitrogen and oxygen atoms in total. The third-order valence-electron chi connectivity index (χ3n) is 6.92. The second-order valence-electron chi connectivity index (χ2n) is 9.14. The SMILES string of the molecule is Cc1cn2cc(NC(=O)c3ccc(N4CC[C@H]5CNCC[C@H]54)c4cn(C)nc34)cc(F)c2n1. The van der Waals surface area contributed by atoms with Crippen molar-refractivity contribution in [2.45, 2.75) is 25.8 Å². The molecule has 2 aliphatic rings. The summed E-state index contributed by atoms with van der Waals surface area (Å²) in [5.41, 5.74) is 3.57. The van der Waals surface area contributed by atoms with E-state index < -0.39 is 5.82 Å². The predicted octanol–water partition coefficient (Wildman–Crippen LogP) is 3.11. The number of benzene rings is 1. The lowest BCUT2D eigenvalue weighted by atomic mass is 9.94. The minimum Gasteiger partial charge on any atom is -0.368 e. The van der Waals surface area contributed by atoms with E-state index in [0.29, 0.717) is 34.4 Å². The van der Waals surface area contributed by atoms with Gasteiger partial charge in [-0.3, -0.25) is 9.48 Å². The summed E-state index contributed by atoms with van der Waals surface area (Å²) in [4.78, 5) is 19.9. The van der Waals surface area contributed by atoms with Crippen molar-refractivity contribution in [2.75, 3.05) is 29.9 Å². The average molecular weight is 448 g/mol. The normalized spacial score (nSPS) is 20.5. The Morgan fingerprint density at radius 3 is 3.00 bits per heavy atom. The van der Waals surface area contributed by atoms with E-state index in [0.717, 1.165) is 37.1 Å². The summed E-state index contributed by atoms with van der Waals surface area (Å²) >= 11 is 0. The van der Waals surface area contributed by atoms with E-state index in [1.165, 1.54) is 12.5 Å². The number of piperidine rings is 1. The second-order valence-corrected chi connectivity index (χ2v) is 9.14. The number of nitrogens with zero attached hydrogens (tertiary/aromatic N) is 5. The van der Waals surface area contributed by atoms with Gasteiger partial charge in [-0.15, -0.1) is 0 Å². The zero-order valence-electron chi connectivity index (χ0n) is 18.7. The zero-order chi connectivity index (χ0) is 22.7. The Morgan fingerprint density at radius 2 is 2.12 bits per heavy atom. The van der Waals surface area contributed by atoms with Gasteiger partial charge in [0.1, 0.15) is 5.52 Å². The van der Waals surface area contributed by atoms with Gasteiger partial charge < -0.3 is 19.9 Å². The molecule has 33 heavy (non-hydrogen) atoms. The van der Waals surface area contributed by atoms with E-state index in [-0.39, 0.29) is 11.6 Å². The Labute approximate surface area is 190 Å². The minimum atomic E-state index is -0.482. The first kappa shape index (κ1) is 20.2. The monoisotopic (exact) mass is 447 g/mol. The van der Waals surface area contributed by atoms with E-state index in [2.05, 4.69) is 25.6 Å². The fourth-order valence-corrected chi connectivity index (χ4v) is 5.47. The van der Waals surface area contributed by atoms with Crippen molar-refractivity contribution in [2.24, 2.45) is 13.0 Å². The van der Waals surface area contributed by atoms with Crippen LogP contribution in [0.15, 0.2) is 36.8 Å². The van der Waals surface area contributed by atoms with Crippen molar-refractivity contribution < 1.29 is 9.18 Å². The number of hydrogen-bond donors (Lipinski definition) is 2. The van der Waals surface area contributed by atoms with Crippen LogP contribution in [0.25, 0.3) is 16.6 Å². The van der Waals surface area contributed by atoms with Crippen molar-refractivity contribution >= 4 is 33.8 Å². The summed E-state index contributed by atoms with van der Waals surface area (Å²) in [7, 11) is 1.87. The van der Waals surface area contributed by atoms with Crippen LogP contribution < -0.4 is 15.5 Å². The molecular weight excluding hydrogens is 421 g/mol. The fraction of sp³-hybridized carbons (Fsp3) is 0.375. The third-order valence-corrected chi connectivity index (χ3v) is 6.92. The van der Waals surface area contributed by atoms with Crippen molar-refractivity contribution in [1.29, 1.82) is 0 Å². The van der Waals surface area contributed by atoms with Gasteiger partial charge in [0.25, 0.3) is 5.91 Å². The van der Waals surface area contributed by atoms with E-state index in [9.17, 15) is 9.18 Å². The summed E-state index contributed by atoms with van der Waals surface area (Å²) in [6, 6.07) is 5.69. The lowest BCUT2D eigenvalue weighted by Gasteiger charge is -2.34. The smallest absolute Gasteiger partial charge is 0.257 e. The van der Waals surface area contributed by atoms with Crippen molar-refractivity contribution in [3.8, 4) is 0 Å². The number of nitrogens with one attached hydrogen (secondary N) is 2. The Hall–Kier alpha value is -3.46. The zero-order valence-corrected chi connectivity index (χ0v) is 18.7. The molecule has 0 spiro atoms. The number of aryl methyl sites for hydroxylation is 2. The van der Waals surface area contributed by atoms with Crippen LogP contribution in [0.4, 0.5) is 15.8 Å². The van der Waals surface area contributed by atoms with Gasteiger partial charge in [-0.25, -0.2) is 9.37 Å². The van der Waals surface area contributed by atoms with E-state index in [4.69, 9.17) is 0 Å². The van der Waals surface area contributed by atoms with E-state index in [1.54, 1.807) is 28.4 Å². The number of amides is 1. The Balaban J connectivity index is 1.35. The Bertz CT molecular complexity index is 1390. The molecular formula is C24H26FN7O. The summed E-state index contributed by atoms with van der Waals surface area (Å²) < 4.78 is 17.8. The molecule has 2 saturated heterocycles. The number of halogens is 1. The van der Waals surface area contributed by atoms with Crippen LogP contribution in [-0.2, 0) is 7.05 Å². The molecule has 9 heteroatoms. The number of carbonyl (C=O) groups is 1. The number of fused-ring (bicyclic) bond motifs is 3. The molecule has 0 radical (unpaired) electrons. The minimum absolute atomic E-state index is 0.240. The number of anilines is 2. The van der Waals surface area contributed by atoms with Crippen LogP contribution in [-0.4, -0.2) is 50.7 Å². The topological polar surface area (TPSA) is 79.5 Å². The third kappa shape index (κ3) is 3.34. The highest BCUT2D eigenvalue weighted by Gasteiger charge is 2.36. The molecule has 4 aromatic rings. The van der Waals surface area contributed by atoms with Crippen LogP contribution in [0.2, 0.25) is 0 Å². The molecule has 2 atom stereocenters. The molecule has 2 fully saturated rings. The molecule has 0 bridgehead atoms. The first-order valence-corrected chi connectivity index (χ1v) is 11.4. The van der Waals surface area contributed by atoms with Gasteiger partial charge in [-0.2, -0.15) is 5.10 Å². The number of rotatable bonds is 3. The largest absolute Gasteiger partial charge is 0.368 e. The van der Waals surface area contributed by atoms with Gasteiger partial charge in [0.15, 0.2) is 11.5 Å². The summed E-state index contributed by atoms with van der Waals surface area (Å²) in [6.45, 7) is 4.91. The van der Waals surface area contributed by atoms with Crippen molar-refractivity contribution in [1.82, 2.24) is 24.5 Å². The first-order valence-electron chi connectivity index (χ1n) is 11.4. The Kier molecular flexibility index (Phi) is 4.62. The first-order chi connectivity index (χ1) is 16.0. The Morgan fingerprint density at radius 1 is 1.24 bits per heavy atom. The highest BCUT2D eigenvalue weighted by Crippen LogP contribution is 2.37. The molecule has 0 unspecified atom stereocenters. The average Bonchev–Trinajstić information content (AvgIpc) is 3.48. The van der Waals surface area contributed by atoms with Gasteiger partial charge in [0.2, 0.25) is 0 Å². The number of aromatic nitrogens is 4. The predicted molar refractivity (Wildman–Crippen MR) is 125 cm³/mol. The molecule has 0 saturated carbocycles. The molecule has 2 N–H and O–H groups in total. The molecule has 0 aliphatic carbocycles. The number of carbonyl (C=O) groups excluding carboxylic acids is 1. The van der Waals surface area contributed by atoms with Crippen molar-refractivity contribution in [3.63, 3.8) is 0 Å². The maximum absolute atomic E-state index is 14.5. The highest BCUT2D eigenvalue weighted by atomic mass is 19.1. The van der Waals surface area contributed by atoms with Gasteiger partial charge in [-0.1, -0.05) is 0 Å². The number of hydrogen-bond acceptors (Lipinski definition) is 5. The van der Waals surface area contributed by atoms with Crippen molar-refractivity contribution in [3.05, 3.63) is 53.9 Å². The lowest BCUT2D eigenvalue weighted by Crippen LogP contribution is -2.43. The summed E-state index contributed by atoms with van der Waals surface area (Å²) in [5, 5.41) is 11.9. The fourth-order valence-electron chi connectivity index (χ4n) is 5.47. The van der Waals surface area contributed by atoms with Gasteiger partial charge in [0, 0.05) is 55.4 Å². The van der Waals surface area contributed by atoms with Gasteiger partial charge in [-0.05, 0) is 50.9 Å². The summed E-state index contributed by atoms with van der Waals surface area (Å²) in [5.74, 6) is -0.142. The van der Waals surface area contributed by atoms with Crippen LogP contribution in [0.3, 0.4) is 0 Å². The lowest BCUT2D eigenvalue weighted by molar-refractivity contribution is 0.102.